The van der Waals surface area contributed by atoms with Crippen molar-refractivity contribution in [1.82, 2.24) is 4.90 Å². The van der Waals surface area contributed by atoms with Crippen molar-refractivity contribution in [3.63, 3.8) is 0 Å². The molecular weight excluding hydrogens is 198 g/mol. The molecule has 2 nitrogen and oxygen atoms in total. The van der Waals surface area contributed by atoms with Gasteiger partial charge < -0.3 is 4.90 Å². The lowest BCUT2D eigenvalue weighted by Crippen LogP contribution is -2.33. The number of hydrogen-bond donors (Lipinski definition) is 0. The molecule has 0 spiro atoms. The van der Waals surface area contributed by atoms with Crippen molar-refractivity contribution in [2.24, 2.45) is 0 Å². The minimum absolute atomic E-state index is 0.123. The topological polar surface area (TPSA) is 20.3 Å². The van der Waals surface area contributed by atoms with E-state index in [-0.39, 0.29) is 5.91 Å². The lowest BCUT2D eigenvalue weighted by atomic mass is 10.1. The molecule has 0 aromatic carbocycles. The monoisotopic (exact) mass is 225 g/mol. The second-order valence-electron chi connectivity index (χ2n) is 4.49. The van der Waals surface area contributed by atoms with Gasteiger partial charge in [-0.3, -0.25) is 4.79 Å². The van der Waals surface area contributed by atoms with Crippen LogP contribution in [0.5, 0.6) is 0 Å². The summed E-state index contributed by atoms with van der Waals surface area (Å²) < 4.78 is 0. The molecule has 1 amide bonds. The van der Waals surface area contributed by atoms with Crippen molar-refractivity contribution in [3.8, 4) is 0 Å². The summed E-state index contributed by atoms with van der Waals surface area (Å²) in [5.41, 5.74) is 0.655. The molecule has 2 heteroatoms. The summed E-state index contributed by atoms with van der Waals surface area (Å²) >= 11 is 0. The molecule has 0 saturated carbocycles. The Labute approximate surface area is 101 Å². The number of nitrogens with zero attached hydrogens (tertiary/aromatic N) is 1. The van der Waals surface area contributed by atoms with Gasteiger partial charge >= 0.3 is 0 Å². The molecule has 0 aromatic rings. The highest BCUT2D eigenvalue weighted by molar-refractivity contribution is 5.92. The van der Waals surface area contributed by atoms with Gasteiger partial charge in [-0.15, -0.1) is 0 Å². The molecule has 0 aliphatic heterocycles. The number of rotatable bonds is 9. The first-order valence-electron chi connectivity index (χ1n) is 6.58. The average molecular weight is 225 g/mol. The summed E-state index contributed by atoms with van der Waals surface area (Å²) in [6, 6.07) is 0. The van der Waals surface area contributed by atoms with E-state index in [1.807, 2.05) is 4.90 Å². The second-order valence-corrected chi connectivity index (χ2v) is 4.49. The highest BCUT2D eigenvalue weighted by Gasteiger charge is 2.11. The third-order valence-corrected chi connectivity index (χ3v) is 2.68. The van der Waals surface area contributed by atoms with Crippen LogP contribution >= 0.6 is 0 Å². The molecule has 0 atom stereocenters. The van der Waals surface area contributed by atoms with Gasteiger partial charge in [0.15, 0.2) is 0 Å². The van der Waals surface area contributed by atoms with E-state index in [4.69, 9.17) is 0 Å². The van der Waals surface area contributed by atoms with Gasteiger partial charge in [0.05, 0.1) is 0 Å². The average Bonchev–Trinajstić information content (AvgIpc) is 2.26. The molecule has 0 unspecified atom stereocenters. The third-order valence-electron chi connectivity index (χ3n) is 2.68. The molecule has 0 saturated heterocycles. The van der Waals surface area contributed by atoms with Crippen LogP contribution in [0.1, 0.15) is 59.3 Å². The van der Waals surface area contributed by atoms with Gasteiger partial charge in [-0.05, 0) is 19.8 Å². The molecule has 0 bridgehead atoms. The number of hydrogen-bond acceptors (Lipinski definition) is 1. The fourth-order valence-electron chi connectivity index (χ4n) is 1.76. The first-order chi connectivity index (χ1) is 7.63. The van der Waals surface area contributed by atoms with E-state index in [9.17, 15) is 4.79 Å². The Morgan fingerprint density at radius 2 is 1.62 bits per heavy atom. The minimum Gasteiger partial charge on any atom is -0.339 e. The van der Waals surface area contributed by atoms with Gasteiger partial charge in [0.25, 0.3) is 0 Å². The Balaban J connectivity index is 3.85. The quantitative estimate of drug-likeness (QED) is 0.432. The molecule has 0 rings (SSSR count). The number of carbonyl (C=O) groups is 1. The Bertz CT molecular complexity index is 211. The summed E-state index contributed by atoms with van der Waals surface area (Å²) in [7, 11) is 0. The molecule has 16 heavy (non-hydrogen) atoms. The van der Waals surface area contributed by atoms with Gasteiger partial charge in [0.2, 0.25) is 5.91 Å². The van der Waals surface area contributed by atoms with Crippen LogP contribution in [0.25, 0.3) is 0 Å². The molecule has 0 aliphatic carbocycles. The largest absolute Gasteiger partial charge is 0.339 e. The lowest BCUT2D eigenvalue weighted by molar-refractivity contribution is -0.127. The molecule has 0 fully saturated rings. The van der Waals surface area contributed by atoms with Crippen LogP contribution in [0.4, 0.5) is 0 Å². The van der Waals surface area contributed by atoms with Crippen molar-refractivity contribution in [2.45, 2.75) is 59.3 Å². The highest BCUT2D eigenvalue weighted by Crippen LogP contribution is 2.06. The summed E-state index contributed by atoms with van der Waals surface area (Å²) in [6.07, 6.45) is 7.24. The first kappa shape index (κ1) is 15.2. The Hall–Kier alpha value is -0.790. The van der Waals surface area contributed by atoms with Crippen LogP contribution in [0, 0.1) is 0 Å². The molecule has 0 heterocycles. The van der Waals surface area contributed by atoms with Crippen molar-refractivity contribution < 1.29 is 4.79 Å². The fraction of sp³-hybridized carbons (Fsp3) is 0.786. The molecule has 0 aromatic heterocycles. The molecular formula is C14H27NO. The maximum absolute atomic E-state index is 11.8. The van der Waals surface area contributed by atoms with Gasteiger partial charge in [-0.1, -0.05) is 46.1 Å². The van der Waals surface area contributed by atoms with Crippen molar-refractivity contribution >= 4 is 5.91 Å². The van der Waals surface area contributed by atoms with E-state index < -0.39 is 0 Å². The van der Waals surface area contributed by atoms with Gasteiger partial charge in [-0.2, -0.15) is 0 Å². The second kappa shape index (κ2) is 9.44. The maximum atomic E-state index is 11.8. The van der Waals surface area contributed by atoms with Crippen molar-refractivity contribution in [2.75, 3.05) is 13.1 Å². The van der Waals surface area contributed by atoms with Crippen LogP contribution < -0.4 is 0 Å². The van der Waals surface area contributed by atoms with E-state index in [1.54, 1.807) is 6.92 Å². The first-order valence-corrected chi connectivity index (χ1v) is 6.58. The maximum Gasteiger partial charge on any atom is 0.248 e. The predicted molar refractivity (Wildman–Crippen MR) is 70.4 cm³/mol. The standard InChI is InChI=1S/C14H27NO/c1-5-7-8-9-10-12-15(11-6-2)14(16)13(3)4/h3,5-12H2,1-2,4H3. The van der Waals surface area contributed by atoms with Gasteiger partial charge in [0.1, 0.15) is 0 Å². The number of unbranched alkanes of at least 4 members (excludes halogenated alkanes) is 4. The zero-order valence-electron chi connectivity index (χ0n) is 11.2. The molecule has 0 aliphatic rings. The summed E-state index contributed by atoms with van der Waals surface area (Å²) in [5.74, 6) is 0.123. The summed E-state index contributed by atoms with van der Waals surface area (Å²) in [4.78, 5) is 13.7. The Morgan fingerprint density at radius 3 is 2.12 bits per heavy atom. The normalized spacial score (nSPS) is 10.2. The number of amides is 1. The van der Waals surface area contributed by atoms with Crippen LogP contribution in [0.3, 0.4) is 0 Å². The summed E-state index contributed by atoms with van der Waals surface area (Å²) in [5, 5.41) is 0. The van der Waals surface area contributed by atoms with Crippen LogP contribution in [0.2, 0.25) is 0 Å². The van der Waals surface area contributed by atoms with Gasteiger partial charge in [-0.25, -0.2) is 0 Å². The van der Waals surface area contributed by atoms with E-state index in [0.717, 1.165) is 25.9 Å². The zero-order valence-corrected chi connectivity index (χ0v) is 11.2. The van der Waals surface area contributed by atoms with Crippen LogP contribution in [-0.2, 0) is 4.79 Å². The fourth-order valence-corrected chi connectivity index (χ4v) is 1.76. The minimum atomic E-state index is 0.123. The molecule has 0 radical (unpaired) electrons. The van der Waals surface area contributed by atoms with Crippen molar-refractivity contribution in [3.05, 3.63) is 12.2 Å². The van der Waals surface area contributed by atoms with Gasteiger partial charge in [0, 0.05) is 18.7 Å². The third kappa shape index (κ3) is 6.65. The van der Waals surface area contributed by atoms with Crippen molar-refractivity contribution in [1.29, 1.82) is 0 Å². The van der Waals surface area contributed by atoms with Crippen LogP contribution in [0.15, 0.2) is 12.2 Å². The lowest BCUT2D eigenvalue weighted by Gasteiger charge is -2.22. The smallest absolute Gasteiger partial charge is 0.248 e. The van der Waals surface area contributed by atoms with E-state index >= 15 is 0 Å². The zero-order chi connectivity index (χ0) is 12.4. The highest BCUT2D eigenvalue weighted by atomic mass is 16.2. The predicted octanol–water partition coefficient (Wildman–Crippen LogP) is 3.77. The van der Waals surface area contributed by atoms with E-state index in [0.29, 0.717) is 5.57 Å². The Morgan fingerprint density at radius 1 is 1.00 bits per heavy atom. The molecule has 0 N–H and O–H groups in total. The van der Waals surface area contributed by atoms with Crippen LogP contribution in [-0.4, -0.2) is 23.9 Å². The Kier molecular flexibility index (Phi) is 8.97. The van der Waals surface area contributed by atoms with E-state index in [1.165, 1.54) is 25.7 Å². The van der Waals surface area contributed by atoms with E-state index in [2.05, 4.69) is 20.4 Å². The SMILES string of the molecule is C=C(C)C(=O)N(CCC)CCCCCCC. The number of carbonyl (C=O) groups excluding carboxylic acids is 1. The molecule has 94 valence electrons. The summed E-state index contributed by atoms with van der Waals surface area (Å²) in [6.45, 7) is 11.6.